The van der Waals surface area contributed by atoms with E-state index in [-0.39, 0.29) is 32.0 Å². The summed E-state index contributed by atoms with van der Waals surface area (Å²) >= 11 is 1.32. The number of hydrogen-bond donors (Lipinski definition) is 0. The van der Waals surface area contributed by atoms with Gasteiger partial charge in [0, 0.05) is 25.5 Å². The molecule has 1 aromatic heterocycles. The van der Waals surface area contributed by atoms with Gasteiger partial charge in [0.1, 0.15) is 11.5 Å². The summed E-state index contributed by atoms with van der Waals surface area (Å²) in [7, 11) is -8.86. The van der Waals surface area contributed by atoms with Crippen molar-refractivity contribution in [2.24, 2.45) is 5.92 Å². The van der Waals surface area contributed by atoms with E-state index in [1.807, 2.05) is 0 Å². The highest BCUT2D eigenvalue weighted by Gasteiger charge is 2.46. The number of carbonyl (C=O) groups excluding carboxylic acids is 1. The molecule has 3 rings (SSSR count). The van der Waals surface area contributed by atoms with Gasteiger partial charge in [-0.3, -0.25) is 4.79 Å². The first-order valence-corrected chi connectivity index (χ1v) is 15.8. The Kier molecular flexibility index (Phi) is 8.67. The van der Waals surface area contributed by atoms with Gasteiger partial charge in [0.05, 0.1) is 29.2 Å². The molecule has 40 heavy (non-hydrogen) atoms. The molecule has 0 bridgehead atoms. The predicted molar refractivity (Wildman–Crippen MR) is 136 cm³/mol. The quantitative estimate of drug-likeness (QED) is 0.303. The number of nitrogens with zero attached hydrogens (tertiary/aromatic N) is 2. The van der Waals surface area contributed by atoms with Crippen molar-refractivity contribution >= 4 is 48.2 Å². The van der Waals surface area contributed by atoms with Gasteiger partial charge >= 0.3 is 12.4 Å². The summed E-state index contributed by atoms with van der Waals surface area (Å²) in [5, 5.41) is 0. The highest BCUT2D eigenvalue weighted by atomic mass is 127. The Hall–Kier alpha value is -2.02. The van der Waals surface area contributed by atoms with E-state index in [0.717, 1.165) is 4.90 Å². The molecular weight excluding hydrogens is 708 g/mol. The molecule has 0 radical (unpaired) electrons. The van der Waals surface area contributed by atoms with E-state index in [1.165, 1.54) is 36.4 Å². The summed E-state index contributed by atoms with van der Waals surface area (Å²) in [5.41, 5.74) is -3.56. The van der Waals surface area contributed by atoms with Crippen LogP contribution in [0, 0.1) is 15.3 Å². The third kappa shape index (κ3) is 6.24. The van der Waals surface area contributed by atoms with Gasteiger partial charge in [0.15, 0.2) is 19.7 Å². The van der Waals surface area contributed by atoms with Gasteiger partial charge in [-0.15, -0.1) is 0 Å². The smallest absolute Gasteiger partial charge is 0.337 e. The monoisotopic (exact) mass is 730 g/mol. The van der Waals surface area contributed by atoms with Crippen LogP contribution in [0.2, 0.25) is 0 Å². The van der Waals surface area contributed by atoms with E-state index < -0.39 is 84.6 Å². The van der Waals surface area contributed by atoms with Gasteiger partial charge in [-0.25, -0.2) is 26.2 Å². The van der Waals surface area contributed by atoms with E-state index in [9.17, 15) is 52.4 Å². The minimum absolute atomic E-state index is 0.00909. The van der Waals surface area contributed by atoms with Crippen LogP contribution < -0.4 is 0 Å². The molecule has 17 heteroatoms. The first kappa shape index (κ1) is 32.5. The predicted octanol–water partition coefficient (Wildman–Crippen LogP) is 5.37. The molecule has 1 saturated heterocycles. The molecule has 0 saturated carbocycles. The van der Waals surface area contributed by atoms with E-state index in [2.05, 4.69) is 4.98 Å². The van der Waals surface area contributed by atoms with Crippen LogP contribution in [0.3, 0.4) is 0 Å². The van der Waals surface area contributed by atoms with Crippen molar-refractivity contribution in [3.63, 3.8) is 0 Å². The average Bonchev–Trinajstić information content (AvgIpc) is 2.82. The number of hydrogen-bond acceptors (Lipinski definition) is 6. The second kappa shape index (κ2) is 10.7. The lowest BCUT2D eigenvalue weighted by atomic mass is 9.85. The number of amides is 1. The lowest BCUT2D eigenvalue weighted by molar-refractivity contribution is -0.138. The van der Waals surface area contributed by atoms with Crippen LogP contribution in [-0.2, 0) is 32.0 Å². The Bertz CT molecular complexity index is 1550. The van der Waals surface area contributed by atoms with Crippen LogP contribution in [0.1, 0.15) is 48.3 Å². The lowest BCUT2D eigenvalue weighted by Crippen LogP contribution is -2.48. The topological polar surface area (TPSA) is 101 Å². The molecule has 0 unspecified atom stereocenters. The number of halogens is 8. The maximum Gasteiger partial charge on any atom is 0.417 e. The molecule has 0 N–H and O–H groups in total. The Morgan fingerprint density at radius 3 is 1.90 bits per heavy atom. The van der Waals surface area contributed by atoms with Crippen LogP contribution in [0.15, 0.2) is 34.2 Å². The first-order valence-electron chi connectivity index (χ1n) is 11.4. The number of pyridine rings is 1. The van der Waals surface area contributed by atoms with Crippen molar-refractivity contribution in [2.45, 2.75) is 53.6 Å². The molecule has 0 aliphatic carbocycles. The molecular formula is C23H22F7IN2O5S2. The Morgan fingerprint density at radius 1 is 0.925 bits per heavy atom. The summed E-state index contributed by atoms with van der Waals surface area (Å²) in [6.45, 7) is 2.25. The number of benzene rings is 1. The summed E-state index contributed by atoms with van der Waals surface area (Å²) in [6.07, 6.45) is -8.97. The van der Waals surface area contributed by atoms with Crippen LogP contribution in [0.4, 0.5) is 30.7 Å². The van der Waals surface area contributed by atoms with E-state index in [0.29, 0.717) is 24.6 Å². The third-order valence-corrected chi connectivity index (χ3v) is 12.0. The number of alkyl halides is 6. The zero-order valence-electron chi connectivity index (χ0n) is 21.0. The molecule has 0 spiro atoms. The van der Waals surface area contributed by atoms with Gasteiger partial charge < -0.3 is 4.90 Å². The van der Waals surface area contributed by atoms with Crippen molar-refractivity contribution in [1.82, 2.24) is 9.88 Å². The number of sulfone groups is 2. The molecule has 1 amide bonds. The lowest BCUT2D eigenvalue weighted by Gasteiger charge is -2.40. The maximum absolute atomic E-state index is 14.3. The van der Waals surface area contributed by atoms with Crippen molar-refractivity contribution < 1.29 is 52.4 Å². The summed E-state index contributed by atoms with van der Waals surface area (Å²) in [6, 6.07) is 0.898. The largest absolute Gasteiger partial charge is 0.417 e. The van der Waals surface area contributed by atoms with Crippen molar-refractivity contribution in [1.29, 1.82) is 0 Å². The summed E-state index contributed by atoms with van der Waals surface area (Å²) in [5.74, 6) is -3.07. The molecule has 2 heterocycles. The fraction of sp³-hybridized carbons (Fsp3) is 0.478. The Labute approximate surface area is 239 Å². The van der Waals surface area contributed by atoms with Gasteiger partial charge in [0.2, 0.25) is 0 Å². The SMILES string of the molecule is CC(C)(C1CCN(C(=O)c2ncc(C(F)(F)F)cc2S(C)(=O)=O)CC1)S(=O)(=O)c1cc(C(F)(F)F)cc(F)c1I. The van der Waals surface area contributed by atoms with Crippen molar-refractivity contribution in [3.05, 3.63) is 50.6 Å². The highest BCUT2D eigenvalue weighted by Crippen LogP contribution is 2.42. The molecule has 1 fully saturated rings. The average molecular weight is 730 g/mol. The highest BCUT2D eigenvalue weighted by molar-refractivity contribution is 14.1. The molecule has 0 atom stereocenters. The van der Waals surface area contributed by atoms with Crippen molar-refractivity contribution in [2.75, 3.05) is 19.3 Å². The Morgan fingerprint density at radius 2 is 1.43 bits per heavy atom. The zero-order chi connectivity index (χ0) is 30.6. The second-order valence-corrected chi connectivity index (χ2v) is 15.3. The fourth-order valence-electron chi connectivity index (χ4n) is 4.40. The van der Waals surface area contributed by atoms with Crippen LogP contribution >= 0.6 is 22.6 Å². The van der Waals surface area contributed by atoms with Gasteiger partial charge in [-0.1, -0.05) is 0 Å². The van der Waals surface area contributed by atoms with Crippen molar-refractivity contribution in [3.8, 4) is 0 Å². The summed E-state index contributed by atoms with van der Waals surface area (Å²) < 4.78 is 142. The second-order valence-electron chi connectivity index (χ2n) is 9.78. The molecule has 222 valence electrons. The van der Waals surface area contributed by atoms with E-state index in [4.69, 9.17) is 0 Å². The number of aromatic nitrogens is 1. The number of likely N-dealkylation sites (tertiary alicyclic amines) is 1. The minimum atomic E-state index is -5.00. The summed E-state index contributed by atoms with van der Waals surface area (Å²) in [4.78, 5) is 15.9. The number of rotatable bonds is 5. The number of carbonyl (C=O) groups is 1. The van der Waals surface area contributed by atoms with E-state index in [1.54, 1.807) is 0 Å². The molecule has 1 aliphatic heterocycles. The third-order valence-electron chi connectivity index (χ3n) is 6.85. The maximum atomic E-state index is 14.3. The van der Waals surface area contributed by atoms with Crippen LogP contribution in [0.5, 0.6) is 0 Å². The molecule has 1 aliphatic rings. The van der Waals surface area contributed by atoms with E-state index >= 15 is 0 Å². The van der Waals surface area contributed by atoms with Gasteiger partial charge in [0.25, 0.3) is 5.91 Å². The molecule has 1 aromatic carbocycles. The van der Waals surface area contributed by atoms with Gasteiger partial charge in [-0.2, -0.15) is 26.3 Å². The van der Waals surface area contributed by atoms with Gasteiger partial charge in [-0.05, 0) is 73.4 Å². The minimum Gasteiger partial charge on any atom is -0.337 e. The van der Waals surface area contributed by atoms with Crippen LogP contribution in [0.25, 0.3) is 0 Å². The molecule has 2 aromatic rings. The molecule has 7 nitrogen and oxygen atoms in total. The Balaban J connectivity index is 1.89. The standard InChI is InChI=1S/C23H22F7IN2O5S2/c1-21(2,40(37,38)16-9-13(22(25,26)27)8-15(24)18(16)31)12-4-6-33(7-5-12)20(34)19-17(39(3,35)36)10-14(11-32-19)23(28,29)30/h8-12H,4-7H2,1-3H3. The van der Waals surface area contributed by atoms with Crippen LogP contribution in [-0.4, -0.2) is 56.7 Å². The normalized spacial score (nSPS) is 16.3. The number of piperidine rings is 1. The fourth-order valence-corrected chi connectivity index (χ4v) is 8.27. The zero-order valence-corrected chi connectivity index (χ0v) is 24.8. The first-order chi connectivity index (χ1) is 18.0.